The Morgan fingerprint density at radius 2 is 1.72 bits per heavy atom. The van der Waals surface area contributed by atoms with E-state index in [2.05, 4.69) is 4.74 Å². The number of hydrogen-bond acceptors (Lipinski definition) is 5. The van der Waals surface area contributed by atoms with Gasteiger partial charge in [0.05, 0.1) is 31.8 Å². The van der Waals surface area contributed by atoms with Crippen molar-refractivity contribution in [2.24, 2.45) is 0 Å². The van der Waals surface area contributed by atoms with Crippen molar-refractivity contribution in [3.05, 3.63) is 29.3 Å². The molecule has 0 bridgehead atoms. The zero-order chi connectivity index (χ0) is 19.0. The molecule has 1 saturated heterocycles. The lowest BCUT2D eigenvalue weighted by molar-refractivity contribution is -0.140. The molecule has 1 aliphatic rings. The van der Waals surface area contributed by atoms with E-state index in [9.17, 15) is 13.6 Å². The molecule has 25 heavy (non-hydrogen) atoms. The average Bonchev–Trinajstić information content (AvgIpc) is 2.74. The molecule has 1 aromatic carbocycles. The highest BCUT2D eigenvalue weighted by atomic mass is 19.1. The highest BCUT2D eigenvalue weighted by Crippen LogP contribution is 2.43. The summed E-state index contributed by atoms with van der Waals surface area (Å²) in [5.74, 6) is -3.46. The fourth-order valence-electron chi connectivity index (χ4n) is 2.70. The monoisotopic (exact) mass is 356 g/mol. The first-order valence-electron chi connectivity index (χ1n) is 7.98. The van der Waals surface area contributed by atoms with E-state index in [1.165, 1.54) is 20.3 Å². The molecule has 5 nitrogen and oxygen atoms in total. The quantitative estimate of drug-likeness (QED) is 0.599. The van der Waals surface area contributed by atoms with Gasteiger partial charge in [-0.3, -0.25) is 4.79 Å². The second kappa shape index (κ2) is 6.92. The molecule has 0 aliphatic carbocycles. The van der Waals surface area contributed by atoms with E-state index in [0.717, 1.165) is 6.07 Å². The minimum Gasteiger partial charge on any atom is -0.494 e. The second-order valence-corrected chi connectivity index (χ2v) is 6.99. The Morgan fingerprint density at radius 1 is 1.16 bits per heavy atom. The molecule has 0 spiro atoms. The van der Waals surface area contributed by atoms with Gasteiger partial charge in [0.2, 0.25) is 0 Å². The highest BCUT2D eigenvalue weighted by Gasteiger charge is 2.55. The van der Waals surface area contributed by atoms with E-state index in [4.69, 9.17) is 14.0 Å². The molecule has 1 fully saturated rings. The Morgan fingerprint density at radius 3 is 2.20 bits per heavy atom. The van der Waals surface area contributed by atoms with Gasteiger partial charge in [-0.25, -0.2) is 8.78 Å². The number of ether oxygens (including phenoxy) is 2. The van der Waals surface area contributed by atoms with Crippen LogP contribution in [0.25, 0.3) is 0 Å². The number of halogens is 2. The van der Waals surface area contributed by atoms with Crippen LogP contribution in [0.1, 0.15) is 45.5 Å². The molecule has 2 rings (SSSR count). The molecule has 1 heterocycles. The lowest BCUT2D eigenvalue weighted by Gasteiger charge is -2.32. The summed E-state index contributed by atoms with van der Waals surface area (Å²) < 4.78 is 50.6. The Bertz CT molecular complexity index is 647. The predicted octanol–water partition coefficient (Wildman–Crippen LogP) is 3.25. The van der Waals surface area contributed by atoms with Gasteiger partial charge in [0, 0.05) is 11.4 Å². The van der Waals surface area contributed by atoms with Gasteiger partial charge in [-0.15, -0.1) is 0 Å². The molecule has 8 heteroatoms. The number of esters is 1. The van der Waals surface area contributed by atoms with Crippen LogP contribution in [0.2, 0.25) is 0 Å². The molecule has 1 aliphatic heterocycles. The van der Waals surface area contributed by atoms with Gasteiger partial charge in [0.25, 0.3) is 0 Å². The minimum absolute atomic E-state index is 0.122. The number of rotatable bonds is 5. The van der Waals surface area contributed by atoms with E-state index in [1.54, 1.807) is 0 Å². The minimum atomic E-state index is -1.02. The maximum atomic E-state index is 14.7. The summed E-state index contributed by atoms with van der Waals surface area (Å²) in [6, 6.07) is 2.28. The van der Waals surface area contributed by atoms with E-state index in [0.29, 0.717) is 0 Å². The zero-order valence-electron chi connectivity index (χ0n) is 15.3. The van der Waals surface area contributed by atoms with E-state index in [-0.39, 0.29) is 17.7 Å². The fourth-order valence-corrected chi connectivity index (χ4v) is 2.70. The fraction of sp³-hybridized carbons (Fsp3) is 0.588. The van der Waals surface area contributed by atoms with Crippen LogP contribution in [0, 0.1) is 11.6 Å². The van der Waals surface area contributed by atoms with Gasteiger partial charge in [-0.2, -0.15) is 0 Å². The summed E-state index contributed by atoms with van der Waals surface area (Å²) in [5.41, 5.74) is -1.74. The van der Waals surface area contributed by atoms with Crippen molar-refractivity contribution in [1.82, 2.24) is 0 Å². The van der Waals surface area contributed by atoms with Crippen molar-refractivity contribution >= 4 is 13.1 Å². The molecular weight excluding hydrogens is 333 g/mol. The van der Waals surface area contributed by atoms with Gasteiger partial charge >= 0.3 is 13.1 Å². The van der Waals surface area contributed by atoms with Crippen molar-refractivity contribution in [2.45, 2.75) is 51.1 Å². The van der Waals surface area contributed by atoms with Gasteiger partial charge < -0.3 is 18.8 Å². The molecule has 0 aromatic heterocycles. The lowest BCUT2D eigenvalue weighted by Crippen LogP contribution is -2.41. The molecule has 0 N–H and O–H groups in total. The second-order valence-electron chi connectivity index (χ2n) is 6.99. The Labute approximate surface area is 146 Å². The van der Waals surface area contributed by atoms with Gasteiger partial charge in [0.15, 0.2) is 11.6 Å². The van der Waals surface area contributed by atoms with Crippen molar-refractivity contribution < 1.29 is 32.4 Å². The third kappa shape index (κ3) is 3.65. The van der Waals surface area contributed by atoms with Crippen molar-refractivity contribution in [1.29, 1.82) is 0 Å². The maximum absolute atomic E-state index is 14.7. The smallest absolute Gasteiger partial charge is 0.466 e. The Kier molecular flexibility index (Phi) is 5.44. The molecule has 1 aromatic rings. The van der Waals surface area contributed by atoms with Crippen molar-refractivity contribution in [3.8, 4) is 5.75 Å². The summed E-state index contributed by atoms with van der Waals surface area (Å²) >= 11 is 0. The van der Waals surface area contributed by atoms with Crippen LogP contribution in [0.15, 0.2) is 12.1 Å². The number of carbonyl (C=O) groups is 1. The van der Waals surface area contributed by atoms with E-state index < -0.39 is 41.7 Å². The summed E-state index contributed by atoms with van der Waals surface area (Å²) in [4.78, 5) is 11.8. The van der Waals surface area contributed by atoms with Gasteiger partial charge in [-0.1, -0.05) is 0 Å². The molecule has 1 unspecified atom stereocenters. The van der Waals surface area contributed by atoms with Gasteiger partial charge in [-0.05, 0) is 39.8 Å². The van der Waals surface area contributed by atoms with Crippen molar-refractivity contribution in [3.63, 3.8) is 0 Å². The maximum Gasteiger partial charge on any atom is 0.466 e. The van der Waals surface area contributed by atoms with Gasteiger partial charge in [0.1, 0.15) is 5.82 Å². The summed E-state index contributed by atoms with van der Waals surface area (Å²) in [7, 11) is 1.48. The topological polar surface area (TPSA) is 54.0 Å². The van der Waals surface area contributed by atoms with E-state index >= 15 is 0 Å². The van der Waals surface area contributed by atoms with Crippen LogP contribution in [-0.2, 0) is 18.8 Å². The van der Waals surface area contributed by atoms with Crippen LogP contribution >= 0.6 is 0 Å². The molecule has 0 radical (unpaired) electrons. The highest BCUT2D eigenvalue weighted by molar-refractivity contribution is 6.48. The van der Waals surface area contributed by atoms with E-state index in [1.807, 2.05) is 27.7 Å². The van der Waals surface area contributed by atoms with Crippen LogP contribution in [0.5, 0.6) is 5.75 Å². The summed E-state index contributed by atoms with van der Waals surface area (Å²) in [5, 5.41) is 0. The largest absolute Gasteiger partial charge is 0.494 e. The summed E-state index contributed by atoms with van der Waals surface area (Å²) in [6.45, 7) is 7.28. The molecule has 0 saturated carbocycles. The molecule has 138 valence electrons. The Hall–Kier alpha value is -1.67. The van der Waals surface area contributed by atoms with Crippen LogP contribution < -0.4 is 4.74 Å². The van der Waals surface area contributed by atoms with Crippen LogP contribution in [0.3, 0.4) is 0 Å². The number of methoxy groups -OCH3 is 2. The number of hydrogen-bond donors (Lipinski definition) is 0. The SMILES string of the molecule is COC(=O)CC(B1OC(C)(C)C(C)(C)O1)c1c(F)ccc(OC)c1F. The zero-order valence-corrected chi connectivity index (χ0v) is 15.3. The molecular formula is C17H23BF2O5. The third-order valence-corrected chi connectivity index (χ3v) is 4.90. The lowest BCUT2D eigenvalue weighted by atomic mass is 9.65. The normalized spacial score (nSPS) is 19.6. The first-order valence-corrected chi connectivity index (χ1v) is 7.98. The average molecular weight is 356 g/mol. The third-order valence-electron chi connectivity index (χ3n) is 4.90. The standard InChI is InChI=1S/C17H23BF2O5/c1-16(2)17(3,4)25-18(24-16)10(9-13(21)23-6)14-11(19)7-8-12(22-5)15(14)20/h7-8,10H,9H2,1-6H3. The number of benzene rings is 1. The van der Waals surface area contributed by atoms with Crippen LogP contribution in [0.4, 0.5) is 8.78 Å². The first-order chi connectivity index (χ1) is 11.5. The van der Waals surface area contributed by atoms with Crippen LogP contribution in [-0.4, -0.2) is 38.5 Å². The van der Waals surface area contributed by atoms with Crippen molar-refractivity contribution in [2.75, 3.05) is 14.2 Å². The Balaban J connectivity index is 2.51. The first kappa shape index (κ1) is 19.7. The summed E-state index contributed by atoms with van der Waals surface area (Å²) in [6.07, 6.45) is -0.297. The molecule has 0 amide bonds. The number of carbonyl (C=O) groups excluding carboxylic acids is 1. The molecule has 1 atom stereocenters. The predicted molar refractivity (Wildman–Crippen MR) is 88.4 cm³/mol.